The Morgan fingerprint density at radius 2 is 2.22 bits per heavy atom. The van der Waals surface area contributed by atoms with E-state index in [-0.39, 0.29) is 17.9 Å². The highest BCUT2D eigenvalue weighted by atomic mass is 32.1. The van der Waals surface area contributed by atoms with Gasteiger partial charge in [0.05, 0.1) is 5.92 Å². The van der Waals surface area contributed by atoms with Gasteiger partial charge in [0.2, 0.25) is 11.0 Å². The molecule has 1 N–H and O–H groups in total. The third-order valence-corrected chi connectivity index (χ3v) is 4.38. The van der Waals surface area contributed by atoms with Crippen molar-refractivity contribution in [3.05, 3.63) is 5.01 Å². The van der Waals surface area contributed by atoms with Crippen LogP contribution < -0.4 is 5.32 Å². The number of aromatic nitrogens is 2. The van der Waals surface area contributed by atoms with E-state index in [9.17, 15) is 9.59 Å². The maximum atomic E-state index is 12.4. The molecule has 0 aromatic carbocycles. The van der Waals surface area contributed by atoms with Gasteiger partial charge in [-0.3, -0.25) is 4.79 Å². The number of hydrogen-bond donors (Lipinski definition) is 1. The topological polar surface area (TPSA) is 87.7 Å². The Hall–Kier alpha value is -1.74. The average molecular weight is 341 g/mol. The summed E-state index contributed by atoms with van der Waals surface area (Å²) in [7, 11) is 3.43. The molecule has 0 radical (unpaired) electrons. The lowest BCUT2D eigenvalue weighted by molar-refractivity contribution is -0.121. The minimum atomic E-state index is -0.216. The van der Waals surface area contributed by atoms with Crippen molar-refractivity contribution in [1.29, 1.82) is 0 Å². The number of nitrogens with one attached hydrogen (secondary N) is 1. The van der Waals surface area contributed by atoms with Crippen molar-refractivity contribution >= 4 is 28.4 Å². The standard InChI is InChI=1S/C14H23N5O3S/c1-4-22-9-11-16-17-13(23-11)15-12(20)10-6-5-7-19(8-10)14(21)18(2)3/h10H,4-9H2,1-3H3,(H,15,17,20)/t10-/m1/s1. The summed E-state index contributed by atoms with van der Waals surface area (Å²) in [5.74, 6) is -0.327. The minimum Gasteiger partial charge on any atom is -0.374 e. The fraction of sp³-hybridized carbons (Fsp3) is 0.714. The van der Waals surface area contributed by atoms with Gasteiger partial charge in [0.15, 0.2) is 0 Å². The zero-order valence-electron chi connectivity index (χ0n) is 13.7. The summed E-state index contributed by atoms with van der Waals surface area (Å²) in [4.78, 5) is 27.6. The summed E-state index contributed by atoms with van der Waals surface area (Å²) in [6, 6.07) is -0.0579. The molecule has 3 amide bonds. The number of carbonyl (C=O) groups excluding carboxylic acids is 2. The van der Waals surface area contributed by atoms with Gasteiger partial charge in [0.1, 0.15) is 11.6 Å². The number of amides is 3. The summed E-state index contributed by atoms with van der Waals surface area (Å²) in [5.41, 5.74) is 0. The molecule has 0 aliphatic carbocycles. The quantitative estimate of drug-likeness (QED) is 0.875. The molecule has 1 atom stereocenters. The molecule has 0 spiro atoms. The molecular formula is C14H23N5O3S. The Bertz CT molecular complexity index is 548. The third kappa shape index (κ3) is 4.87. The second-order valence-electron chi connectivity index (χ2n) is 5.59. The number of rotatable bonds is 5. The molecule has 1 fully saturated rings. The van der Waals surface area contributed by atoms with Crippen LogP contribution in [0.4, 0.5) is 9.93 Å². The Balaban J connectivity index is 1.89. The third-order valence-electron chi connectivity index (χ3n) is 3.57. The molecule has 0 bridgehead atoms. The predicted molar refractivity (Wildman–Crippen MR) is 87.2 cm³/mol. The maximum Gasteiger partial charge on any atom is 0.319 e. The fourth-order valence-corrected chi connectivity index (χ4v) is 3.09. The van der Waals surface area contributed by atoms with E-state index in [1.165, 1.54) is 16.2 Å². The van der Waals surface area contributed by atoms with E-state index < -0.39 is 0 Å². The Labute approximate surface area is 139 Å². The predicted octanol–water partition coefficient (Wildman–Crippen LogP) is 1.41. The molecule has 23 heavy (non-hydrogen) atoms. The molecule has 1 aliphatic heterocycles. The van der Waals surface area contributed by atoms with E-state index in [1.54, 1.807) is 19.0 Å². The van der Waals surface area contributed by atoms with Gasteiger partial charge in [-0.25, -0.2) is 4.79 Å². The second-order valence-corrected chi connectivity index (χ2v) is 6.65. The highest BCUT2D eigenvalue weighted by Gasteiger charge is 2.29. The number of likely N-dealkylation sites (tertiary alicyclic amines) is 1. The smallest absolute Gasteiger partial charge is 0.319 e. The van der Waals surface area contributed by atoms with Crippen LogP contribution in [0, 0.1) is 5.92 Å². The van der Waals surface area contributed by atoms with Crippen molar-refractivity contribution < 1.29 is 14.3 Å². The Kier molecular flexibility index (Phi) is 6.28. The second kappa shape index (κ2) is 8.21. The summed E-state index contributed by atoms with van der Waals surface area (Å²) >= 11 is 1.31. The van der Waals surface area contributed by atoms with Gasteiger partial charge in [-0.1, -0.05) is 11.3 Å². The SMILES string of the molecule is CCOCc1nnc(NC(=O)[C@@H]2CCCN(C(=O)N(C)C)C2)s1. The van der Waals surface area contributed by atoms with Crippen LogP contribution in [0.5, 0.6) is 0 Å². The van der Waals surface area contributed by atoms with Crippen LogP contribution in [0.1, 0.15) is 24.8 Å². The summed E-state index contributed by atoms with van der Waals surface area (Å²) in [6.07, 6.45) is 1.59. The van der Waals surface area contributed by atoms with Crippen LogP contribution in [-0.2, 0) is 16.1 Å². The van der Waals surface area contributed by atoms with E-state index >= 15 is 0 Å². The zero-order chi connectivity index (χ0) is 16.8. The molecule has 1 aromatic heterocycles. The summed E-state index contributed by atoms with van der Waals surface area (Å²) in [6.45, 7) is 4.05. The van der Waals surface area contributed by atoms with Crippen LogP contribution in [0.3, 0.4) is 0 Å². The number of hydrogen-bond acceptors (Lipinski definition) is 6. The molecule has 128 valence electrons. The van der Waals surface area contributed by atoms with Crippen LogP contribution in [0.2, 0.25) is 0 Å². The number of carbonyl (C=O) groups is 2. The van der Waals surface area contributed by atoms with Gasteiger partial charge >= 0.3 is 6.03 Å². The lowest BCUT2D eigenvalue weighted by Crippen LogP contribution is -2.47. The first-order valence-corrected chi connectivity index (χ1v) is 8.50. The first kappa shape index (κ1) is 17.6. The van der Waals surface area contributed by atoms with Crippen molar-refractivity contribution in [2.75, 3.05) is 39.1 Å². The molecule has 1 saturated heterocycles. The fourth-order valence-electron chi connectivity index (χ4n) is 2.41. The highest BCUT2D eigenvalue weighted by Crippen LogP contribution is 2.21. The molecule has 1 aromatic rings. The van der Waals surface area contributed by atoms with Gasteiger partial charge in [0, 0.05) is 33.8 Å². The number of piperidine rings is 1. The Morgan fingerprint density at radius 1 is 1.43 bits per heavy atom. The van der Waals surface area contributed by atoms with Gasteiger partial charge in [0.25, 0.3) is 0 Å². The molecular weight excluding hydrogens is 318 g/mol. The monoisotopic (exact) mass is 341 g/mol. The zero-order valence-corrected chi connectivity index (χ0v) is 14.6. The van der Waals surface area contributed by atoms with Crippen molar-refractivity contribution in [2.24, 2.45) is 5.92 Å². The number of nitrogens with zero attached hydrogens (tertiary/aromatic N) is 4. The highest BCUT2D eigenvalue weighted by molar-refractivity contribution is 7.15. The van der Waals surface area contributed by atoms with Gasteiger partial charge in [-0.05, 0) is 19.8 Å². The number of ether oxygens (including phenoxy) is 1. The maximum absolute atomic E-state index is 12.4. The van der Waals surface area contributed by atoms with Crippen molar-refractivity contribution in [1.82, 2.24) is 20.0 Å². The van der Waals surface area contributed by atoms with E-state index in [0.29, 0.717) is 31.4 Å². The molecule has 1 aliphatic rings. The lowest BCUT2D eigenvalue weighted by atomic mass is 9.97. The Morgan fingerprint density at radius 3 is 2.91 bits per heavy atom. The number of anilines is 1. The summed E-state index contributed by atoms with van der Waals surface area (Å²) in [5, 5.41) is 11.9. The molecule has 2 rings (SSSR count). The molecule has 0 saturated carbocycles. The van der Waals surface area contributed by atoms with Gasteiger partial charge in [-0.15, -0.1) is 10.2 Å². The average Bonchev–Trinajstić information content (AvgIpc) is 2.99. The van der Waals surface area contributed by atoms with Crippen LogP contribution in [0.15, 0.2) is 0 Å². The lowest BCUT2D eigenvalue weighted by Gasteiger charge is -2.33. The largest absolute Gasteiger partial charge is 0.374 e. The van der Waals surface area contributed by atoms with E-state index in [0.717, 1.165) is 17.8 Å². The van der Waals surface area contributed by atoms with Gasteiger partial charge < -0.3 is 19.9 Å². The minimum absolute atomic E-state index is 0.0579. The molecule has 2 heterocycles. The van der Waals surface area contributed by atoms with Crippen molar-refractivity contribution in [3.8, 4) is 0 Å². The first-order chi connectivity index (χ1) is 11.0. The van der Waals surface area contributed by atoms with E-state index in [2.05, 4.69) is 15.5 Å². The number of urea groups is 1. The van der Waals surface area contributed by atoms with E-state index in [1.807, 2.05) is 6.92 Å². The van der Waals surface area contributed by atoms with Crippen LogP contribution in [-0.4, -0.2) is 65.7 Å². The van der Waals surface area contributed by atoms with Gasteiger partial charge in [-0.2, -0.15) is 0 Å². The normalized spacial score (nSPS) is 17.9. The van der Waals surface area contributed by atoms with E-state index in [4.69, 9.17) is 4.74 Å². The first-order valence-electron chi connectivity index (χ1n) is 7.68. The molecule has 8 nitrogen and oxygen atoms in total. The van der Waals surface area contributed by atoms with Crippen LogP contribution in [0.25, 0.3) is 0 Å². The van der Waals surface area contributed by atoms with Crippen molar-refractivity contribution in [3.63, 3.8) is 0 Å². The molecule has 9 heteroatoms. The molecule has 0 unspecified atom stereocenters. The van der Waals surface area contributed by atoms with Crippen molar-refractivity contribution in [2.45, 2.75) is 26.4 Å². The summed E-state index contributed by atoms with van der Waals surface area (Å²) < 4.78 is 5.26. The van der Waals surface area contributed by atoms with Crippen LogP contribution >= 0.6 is 11.3 Å².